The fourth-order valence-electron chi connectivity index (χ4n) is 3.53. The third-order valence-electron chi connectivity index (χ3n) is 5.15. The highest BCUT2D eigenvalue weighted by molar-refractivity contribution is 7.13. The van der Waals surface area contributed by atoms with Crippen molar-refractivity contribution in [3.63, 3.8) is 0 Å². The number of piperidine rings is 1. The van der Waals surface area contributed by atoms with Crippen LogP contribution < -0.4 is 5.32 Å². The first-order chi connectivity index (χ1) is 12.3. The van der Waals surface area contributed by atoms with Crippen LogP contribution in [0.3, 0.4) is 0 Å². The van der Waals surface area contributed by atoms with Gasteiger partial charge < -0.3 is 5.32 Å². The summed E-state index contributed by atoms with van der Waals surface area (Å²) in [7, 11) is 0. The van der Waals surface area contributed by atoms with Crippen molar-refractivity contribution in [1.82, 2.24) is 15.2 Å². The number of nitrogens with one attached hydrogen (secondary N) is 1. The van der Waals surface area contributed by atoms with E-state index < -0.39 is 0 Å². The number of benzene rings is 1. The zero-order valence-electron chi connectivity index (χ0n) is 14.5. The van der Waals surface area contributed by atoms with E-state index >= 15 is 0 Å². The molecule has 5 heteroatoms. The zero-order valence-corrected chi connectivity index (χ0v) is 15.3. The summed E-state index contributed by atoms with van der Waals surface area (Å²) >= 11 is 1.56. The van der Waals surface area contributed by atoms with E-state index in [0.717, 1.165) is 35.9 Å². The number of likely N-dealkylation sites (tertiary alicyclic amines) is 1. The summed E-state index contributed by atoms with van der Waals surface area (Å²) in [6.45, 7) is 2.80. The molecule has 1 N–H and O–H groups in total. The van der Waals surface area contributed by atoms with Crippen molar-refractivity contribution in [2.75, 3.05) is 13.1 Å². The minimum Gasteiger partial charge on any atom is -0.350 e. The van der Waals surface area contributed by atoms with Gasteiger partial charge in [0.2, 0.25) is 0 Å². The Hall–Kier alpha value is -1.72. The third-order valence-corrected chi connectivity index (χ3v) is 6.31. The van der Waals surface area contributed by atoms with Crippen molar-refractivity contribution in [3.8, 4) is 0 Å². The van der Waals surface area contributed by atoms with Gasteiger partial charge in [-0.05, 0) is 37.8 Å². The van der Waals surface area contributed by atoms with E-state index in [1.165, 1.54) is 31.2 Å². The molecule has 1 aromatic heterocycles. The number of hydrogen-bond donors (Lipinski definition) is 1. The summed E-state index contributed by atoms with van der Waals surface area (Å²) in [5, 5.41) is 4.28. The van der Waals surface area contributed by atoms with Crippen LogP contribution in [0.5, 0.6) is 0 Å². The summed E-state index contributed by atoms with van der Waals surface area (Å²) in [5.41, 5.74) is 1.34. The number of carbonyl (C=O) groups excluding carboxylic acids is 1. The fraction of sp³-hybridized carbons (Fsp3) is 0.500. The molecular formula is C20H25N3OS. The average Bonchev–Trinajstić information content (AvgIpc) is 3.38. The number of rotatable bonds is 6. The largest absolute Gasteiger partial charge is 0.350 e. The Labute approximate surface area is 153 Å². The minimum absolute atomic E-state index is 0.0367. The summed E-state index contributed by atoms with van der Waals surface area (Å²) in [6, 6.07) is 11.0. The van der Waals surface area contributed by atoms with Gasteiger partial charge in [-0.2, -0.15) is 0 Å². The molecule has 132 valence electrons. The number of amides is 1. The van der Waals surface area contributed by atoms with Gasteiger partial charge in [0.25, 0.3) is 5.91 Å². The van der Waals surface area contributed by atoms with Crippen LogP contribution in [-0.4, -0.2) is 34.9 Å². The van der Waals surface area contributed by atoms with Crippen LogP contribution in [0.15, 0.2) is 36.5 Å². The van der Waals surface area contributed by atoms with Crippen molar-refractivity contribution in [2.24, 2.45) is 0 Å². The molecular weight excluding hydrogens is 330 g/mol. The highest BCUT2D eigenvalue weighted by Gasteiger charge is 2.28. The molecule has 0 bridgehead atoms. The molecule has 1 unspecified atom stereocenters. The van der Waals surface area contributed by atoms with Crippen molar-refractivity contribution in [3.05, 3.63) is 52.0 Å². The monoisotopic (exact) mass is 355 g/mol. The van der Waals surface area contributed by atoms with E-state index in [4.69, 9.17) is 0 Å². The molecule has 4 nitrogen and oxygen atoms in total. The van der Waals surface area contributed by atoms with Crippen LogP contribution in [0, 0.1) is 0 Å². The highest BCUT2D eigenvalue weighted by atomic mass is 32.1. The molecule has 0 spiro atoms. The number of nitrogens with zero attached hydrogens (tertiary/aromatic N) is 2. The van der Waals surface area contributed by atoms with Crippen LogP contribution in [0.25, 0.3) is 0 Å². The lowest BCUT2D eigenvalue weighted by Crippen LogP contribution is -2.46. The average molecular weight is 356 g/mol. The third kappa shape index (κ3) is 4.28. The number of carbonyl (C=O) groups is 1. The summed E-state index contributed by atoms with van der Waals surface area (Å²) in [5.74, 6) is 0.654. The lowest BCUT2D eigenvalue weighted by molar-refractivity contribution is 0.0911. The Morgan fingerprint density at radius 3 is 2.84 bits per heavy atom. The predicted molar refractivity (Wildman–Crippen MR) is 101 cm³/mol. The SMILES string of the molecule is O=C(NCC1CCCCN1Cc1ccccc1)c1cnc(C2CC2)s1. The molecule has 0 radical (unpaired) electrons. The number of thiazole rings is 1. The maximum absolute atomic E-state index is 12.4. The molecule has 2 aromatic rings. The van der Waals surface area contributed by atoms with Crippen LogP contribution in [0.2, 0.25) is 0 Å². The Kier molecular flexibility index (Phi) is 5.13. The predicted octanol–water partition coefficient (Wildman–Crippen LogP) is 3.81. The van der Waals surface area contributed by atoms with Crippen molar-refractivity contribution >= 4 is 17.2 Å². The first kappa shape index (κ1) is 16.7. The molecule has 1 aliphatic heterocycles. The molecule has 1 aliphatic carbocycles. The normalized spacial score (nSPS) is 21.2. The standard InChI is InChI=1S/C20H25N3OS/c24-19(18-13-22-20(25-18)16-9-10-16)21-12-17-8-4-5-11-23(17)14-15-6-2-1-3-7-15/h1-3,6-7,13,16-17H,4-5,8-12,14H2,(H,21,24). The lowest BCUT2D eigenvalue weighted by Gasteiger charge is -2.35. The van der Waals surface area contributed by atoms with Gasteiger partial charge in [-0.3, -0.25) is 9.69 Å². The molecule has 1 saturated carbocycles. The highest BCUT2D eigenvalue weighted by Crippen LogP contribution is 2.41. The second-order valence-corrected chi connectivity index (χ2v) is 8.21. The van der Waals surface area contributed by atoms with Gasteiger partial charge >= 0.3 is 0 Å². The molecule has 1 amide bonds. The number of aromatic nitrogens is 1. The fourth-order valence-corrected chi connectivity index (χ4v) is 4.53. The van der Waals surface area contributed by atoms with Crippen molar-refractivity contribution < 1.29 is 4.79 Å². The van der Waals surface area contributed by atoms with Gasteiger partial charge in [0.15, 0.2) is 0 Å². The van der Waals surface area contributed by atoms with E-state index in [1.54, 1.807) is 17.5 Å². The van der Waals surface area contributed by atoms with E-state index in [0.29, 0.717) is 12.0 Å². The van der Waals surface area contributed by atoms with E-state index in [2.05, 4.69) is 45.5 Å². The zero-order chi connectivity index (χ0) is 17.1. The topological polar surface area (TPSA) is 45.2 Å². The Bertz CT molecular complexity index is 711. The Morgan fingerprint density at radius 2 is 2.04 bits per heavy atom. The minimum atomic E-state index is 0.0367. The van der Waals surface area contributed by atoms with Crippen LogP contribution >= 0.6 is 11.3 Å². The first-order valence-electron chi connectivity index (χ1n) is 9.31. The second kappa shape index (κ2) is 7.67. The van der Waals surface area contributed by atoms with E-state index in [-0.39, 0.29) is 5.91 Å². The van der Waals surface area contributed by atoms with Crippen LogP contribution in [-0.2, 0) is 6.54 Å². The first-order valence-corrected chi connectivity index (χ1v) is 10.1. The van der Waals surface area contributed by atoms with Gasteiger partial charge in [0.05, 0.1) is 11.2 Å². The molecule has 2 aliphatic rings. The van der Waals surface area contributed by atoms with E-state index in [1.807, 2.05) is 0 Å². The molecule has 25 heavy (non-hydrogen) atoms. The lowest BCUT2D eigenvalue weighted by atomic mass is 10.0. The smallest absolute Gasteiger partial charge is 0.263 e. The summed E-state index contributed by atoms with van der Waals surface area (Å²) in [6.07, 6.45) is 7.85. The Morgan fingerprint density at radius 1 is 1.20 bits per heavy atom. The van der Waals surface area contributed by atoms with Crippen molar-refractivity contribution in [2.45, 2.75) is 50.6 Å². The Balaban J connectivity index is 1.33. The molecule has 2 heterocycles. The van der Waals surface area contributed by atoms with E-state index in [9.17, 15) is 4.79 Å². The van der Waals surface area contributed by atoms with Gasteiger partial charge in [-0.1, -0.05) is 36.8 Å². The maximum Gasteiger partial charge on any atom is 0.263 e. The van der Waals surface area contributed by atoms with Gasteiger partial charge in [0.1, 0.15) is 4.88 Å². The van der Waals surface area contributed by atoms with Gasteiger partial charge in [-0.25, -0.2) is 4.98 Å². The maximum atomic E-state index is 12.4. The van der Waals surface area contributed by atoms with Crippen LogP contribution in [0.4, 0.5) is 0 Å². The quantitative estimate of drug-likeness (QED) is 0.857. The molecule has 4 rings (SSSR count). The van der Waals surface area contributed by atoms with Gasteiger partial charge in [0, 0.05) is 25.0 Å². The van der Waals surface area contributed by atoms with Gasteiger partial charge in [-0.15, -0.1) is 11.3 Å². The molecule has 2 fully saturated rings. The molecule has 1 aromatic carbocycles. The summed E-state index contributed by atoms with van der Waals surface area (Å²) < 4.78 is 0. The van der Waals surface area contributed by atoms with Crippen LogP contribution in [0.1, 0.15) is 58.3 Å². The number of hydrogen-bond acceptors (Lipinski definition) is 4. The molecule has 1 saturated heterocycles. The molecule has 1 atom stereocenters. The summed E-state index contributed by atoms with van der Waals surface area (Å²) in [4.78, 5) is 20.1. The second-order valence-electron chi connectivity index (χ2n) is 7.15. The van der Waals surface area contributed by atoms with Crippen molar-refractivity contribution in [1.29, 1.82) is 0 Å².